The summed E-state index contributed by atoms with van der Waals surface area (Å²) in [5, 5.41) is 3.16. The third-order valence-corrected chi connectivity index (χ3v) is 5.70. The Kier molecular flexibility index (Phi) is 5.98. The van der Waals surface area contributed by atoms with Crippen LogP contribution >= 0.6 is 23.6 Å². The van der Waals surface area contributed by atoms with E-state index in [0.717, 1.165) is 34.1 Å². The lowest BCUT2D eigenvalue weighted by atomic mass is 9.95. The van der Waals surface area contributed by atoms with Gasteiger partial charge in [-0.1, -0.05) is 19.9 Å². The number of thiazole rings is 1. The molecule has 1 aromatic carbocycles. The van der Waals surface area contributed by atoms with Crippen molar-refractivity contribution in [3.63, 3.8) is 0 Å². The molecule has 5 nitrogen and oxygen atoms in total. The Morgan fingerprint density at radius 2 is 2.04 bits per heavy atom. The van der Waals surface area contributed by atoms with E-state index in [0.29, 0.717) is 23.6 Å². The summed E-state index contributed by atoms with van der Waals surface area (Å²) < 4.78 is 12.2. The van der Waals surface area contributed by atoms with Gasteiger partial charge in [-0.15, -0.1) is 11.3 Å². The van der Waals surface area contributed by atoms with Crippen molar-refractivity contribution >= 4 is 29.5 Å². The summed E-state index contributed by atoms with van der Waals surface area (Å²) in [4.78, 5) is 16.7. The first-order chi connectivity index (χ1) is 12.4. The highest BCUT2D eigenvalue weighted by Gasteiger charge is 2.21. The number of carbonyl (C=O) groups excluding carboxylic acids is 1. The van der Waals surface area contributed by atoms with Crippen molar-refractivity contribution in [3.8, 4) is 11.5 Å². The number of hydrogen-bond acceptors (Lipinski definition) is 5. The number of aryl methyl sites for hydroxylation is 1. The first-order valence-electron chi connectivity index (χ1n) is 8.81. The van der Waals surface area contributed by atoms with Gasteiger partial charge >= 0.3 is 0 Å². The minimum absolute atomic E-state index is 0.0100. The molecule has 26 heavy (non-hydrogen) atoms. The fourth-order valence-electron chi connectivity index (χ4n) is 2.98. The third kappa shape index (κ3) is 4.45. The van der Waals surface area contributed by atoms with E-state index in [1.54, 1.807) is 0 Å². The molecule has 0 spiro atoms. The van der Waals surface area contributed by atoms with Crippen LogP contribution in [0.4, 0.5) is 0 Å². The standard InChI is InChI=1S/C19H24N2O3S2/c1-11(2)18(21-17(22)10-16-12(3)20-19(25)26-16)13-5-6-14-15(9-13)24-8-4-7-23-14/h5-6,9,11,18H,4,7-8,10H2,1-3H3,(H,20,25)(H,21,22)/t18-/m1/s1. The smallest absolute Gasteiger partial charge is 0.225 e. The molecule has 2 N–H and O–H groups in total. The number of H-pyrrole nitrogens is 1. The van der Waals surface area contributed by atoms with Gasteiger partial charge in [-0.05, 0) is 42.8 Å². The van der Waals surface area contributed by atoms with Gasteiger partial charge in [0.1, 0.15) is 0 Å². The summed E-state index contributed by atoms with van der Waals surface area (Å²) >= 11 is 6.61. The van der Waals surface area contributed by atoms with Crippen molar-refractivity contribution in [1.82, 2.24) is 10.3 Å². The SMILES string of the molecule is Cc1[nH]c(=S)sc1CC(=O)N[C@@H](c1ccc2c(c1)OCCCO2)C(C)C. The van der Waals surface area contributed by atoms with Crippen LogP contribution in [0.2, 0.25) is 0 Å². The number of carbonyl (C=O) groups is 1. The molecule has 2 aromatic rings. The highest BCUT2D eigenvalue weighted by atomic mass is 32.1. The fourth-order valence-corrected chi connectivity index (χ4v) is 4.27. The van der Waals surface area contributed by atoms with Gasteiger partial charge in [-0.25, -0.2) is 0 Å². The van der Waals surface area contributed by atoms with Gasteiger partial charge in [-0.3, -0.25) is 4.79 Å². The van der Waals surface area contributed by atoms with Gasteiger partial charge < -0.3 is 19.8 Å². The van der Waals surface area contributed by atoms with E-state index >= 15 is 0 Å². The molecule has 0 fully saturated rings. The molecular formula is C19H24N2O3S2. The summed E-state index contributed by atoms with van der Waals surface area (Å²) in [5.74, 6) is 1.75. The van der Waals surface area contributed by atoms with Gasteiger partial charge in [0, 0.05) is 17.0 Å². The first-order valence-corrected chi connectivity index (χ1v) is 10.0. The zero-order valence-electron chi connectivity index (χ0n) is 15.3. The second-order valence-electron chi connectivity index (χ2n) is 6.79. The van der Waals surface area contributed by atoms with Crippen molar-refractivity contribution in [2.75, 3.05) is 13.2 Å². The number of aromatic nitrogens is 1. The molecule has 1 aromatic heterocycles. The number of amides is 1. The van der Waals surface area contributed by atoms with Crippen molar-refractivity contribution in [3.05, 3.63) is 38.3 Å². The molecular weight excluding hydrogens is 368 g/mol. The molecule has 2 heterocycles. The average molecular weight is 393 g/mol. The molecule has 1 atom stereocenters. The lowest BCUT2D eigenvalue weighted by Crippen LogP contribution is -2.32. The van der Waals surface area contributed by atoms with Crippen LogP contribution in [0.25, 0.3) is 0 Å². The molecule has 140 valence electrons. The molecule has 0 radical (unpaired) electrons. The Morgan fingerprint density at radius 3 is 2.69 bits per heavy atom. The predicted octanol–water partition coefficient (Wildman–Crippen LogP) is 4.33. The van der Waals surface area contributed by atoms with Crippen LogP contribution in [0.5, 0.6) is 11.5 Å². The molecule has 0 saturated carbocycles. The van der Waals surface area contributed by atoms with Crippen molar-refractivity contribution in [2.45, 2.75) is 39.7 Å². The molecule has 0 aliphatic carbocycles. The maximum Gasteiger partial charge on any atom is 0.225 e. The van der Waals surface area contributed by atoms with E-state index in [1.165, 1.54) is 11.3 Å². The summed E-state index contributed by atoms with van der Waals surface area (Å²) in [6, 6.07) is 5.83. The number of rotatable bonds is 5. The lowest BCUT2D eigenvalue weighted by molar-refractivity contribution is -0.121. The zero-order chi connectivity index (χ0) is 18.7. The Morgan fingerprint density at radius 1 is 1.31 bits per heavy atom. The fraction of sp³-hybridized carbons (Fsp3) is 0.474. The van der Waals surface area contributed by atoms with Crippen LogP contribution in [-0.2, 0) is 11.2 Å². The van der Waals surface area contributed by atoms with Crippen molar-refractivity contribution < 1.29 is 14.3 Å². The third-order valence-electron chi connectivity index (χ3n) is 4.36. The first kappa shape index (κ1) is 18.9. The second kappa shape index (κ2) is 8.22. The number of fused-ring (bicyclic) bond motifs is 1. The lowest BCUT2D eigenvalue weighted by Gasteiger charge is -2.24. The van der Waals surface area contributed by atoms with Crippen molar-refractivity contribution in [1.29, 1.82) is 0 Å². The number of benzene rings is 1. The molecule has 1 aliphatic heterocycles. The number of ether oxygens (including phenoxy) is 2. The quantitative estimate of drug-likeness (QED) is 0.744. The van der Waals surface area contributed by atoms with Gasteiger partial charge in [0.25, 0.3) is 0 Å². The summed E-state index contributed by atoms with van der Waals surface area (Å²) in [7, 11) is 0. The topological polar surface area (TPSA) is 63.4 Å². The highest BCUT2D eigenvalue weighted by molar-refractivity contribution is 7.73. The molecule has 0 bridgehead atoms. The van der Waals surface area contributed by atoms with Gasteiger partial charge in [0.15, 0.2) is 15.5 Å². The Labute approximate surface area is 162 Å². The van der Waals surface area contributed by atoms with E-state index in [2.05, 4.69) is 24.1 Å². The molecule has 1 amide bonds. The van der Waals surface area contributed by atoms with Gasteiger partial charge in [0.2, 0.25) is 5.91 Å². The summed E-state index contributed by atoms with van der Waals surface area (Å²) in [6.45, 7) is 7.45. The Hall–Kier alpha value is -1.86. The van der Waals surface area contributed by atoms with E-state index < -0.39 is 0 Å². The molecule has 7 heteroatoms. The molecule has 0 unspecified atom stereocenters. The average Bonchev–Trinajstić information content (AvgIpc) is 2.78. The van der Waals surface area contributed by atoms with Crippen LogP contribution in [0, 0.1) is 16.8 Å². The molecule has 3 rings (SSSR count). The molecule has 1 aliphatic rings. The van der Waals surface area contributed by atoms with E-state index in [1.807, 2.05) is 25.1 Å². The van der Waals surface area contributed by atoms with Crippen LogP contribution in [0.3, 0.4) is 0 Å². The maximum absolute atomic E-state index is 12.6. The van der Waals surface area contributed by atoms with Crippen LogP contribution < -0.4 is 14.8 Å². The summed E-state index contributed by atoms with van der Waals surface area (Å²) in [6.07, 6.45) is 1.20. The maximum atomic E-state index is 12.6. The van der Waals surface area contributed by atoms with E-state index in [9.17, 15) is 4.79 Å². The van der Waals surface area contributed by atoms with E-state index in [-0.39, 0.29) is 17.9 Å². The number of nitrogens with one attached hydrogen (secondary N) is 2. The predicted molar refractivity (Wildman–Crippen MR) is 106 cm³/mol. The zero-order valence-corrected chi connectivity index (χ0v) is 16.9. The van der Waals surface area contributed by atoms with Crippen LogP contribution in [0.15, 0.2) is 18.2 Å². The van der Waals surface area contributed by atoms with Crippen molar-refractivity contribution in [2.24, 2.45) is 5.92 Å². The van der Waals surface area contributed by atoms with Crippen LogP contribution in [0.1, 0.15) is 42.4 Å². The Balaban J connectivity index is 1.76. The largest absolute Gasteiger partial charge is 0.490 e. The minimum atomic E-state index is -0.0909. The Bertz CT molecular complexity index is 842. The summed E-state index contributed by atoms with van der Waals surface area (Å²) in [5.41, 5.74) is 1.99. The van der Waals surface area contributed by atoms with Gasteiger partial charge in [0.05, 0.1) is 25.7 Å². The van der Waals surface area contributed by atoms with E-state index in [4.69, 9.17) is 21.7 Å². The second-order valence-corrected chi connectivity index (χ2v) is 8.56. The molecule has 0 saturated heterocycles. The van der Waals surface area contributed by atoms with Crippen LogP contribution in [-0.4, -0.2) is 24.1 Å². The minimum Gasteiger partial charge on any atom is -0.490 e. The van der Waals surface area contributed by atoms with Gasteiger partial charge in [-0.2, -0.15) is 0 Å². The normalized spacial score (nSPS) is 14.8. The highest BCUT2D eigenvalue weighted by Crippen LogP contribution is 2.34. The number of aromatic amines is 1. The number of hydrogen-bond donors (Lipinski definition) is 2. The monoisotopic (exact) mass is 392 g/mol.